The summed E-state index contributed by atoms with van der Waals surface area (Å²) in [4.78, 5) is 44.3. The fraction of sp³-hybridized carbons (Fsp3) is 0.714. The summed E-state index contributed by atoms with van der Waals surface area (Å²) in [5, 5.41) is 48.8. The molecule has 2 unspecified atom stereocenters. The highest BCUT2D eigenvalue weighted by atomic mass is 31.3. The summed E-state index contributed by atoms with van der Waals surface area (Å²) in [6, 6.07) is 0.939. The Labute approximate surface area is 188 Å². The van der Waals surface area contributed by atoms with Crippen molar-refractivity contribution < 1.29 is 67.3 Å². The first kappa shape index (κ1) is 27.3. The monoisotopic (exact) mass is 536 g/mol. The number of H-pyrrole nitrogens is 1. The highest BCUT2D eigenvalue weighted by molar-refractivity contribution is 7.61. The van der Waals surface area contributed by atoms with Gasteiger partial charge in [0, 0.05) is 12.3 Å². The van der Waals surface area contributed by atoms with E-state index >= 15 is 0 Å². The lowest BCUT2D eigenvalue weighted by Crippen LogP contribution is -2.53. The van der Waals surface area contributed by atoms with E-state index in [1.165, 1.54) is 0 Å². The van der Waals surface area contributed by atoms with Gasteiger partial charge < -0.3 is 44.8 Å². The van der Waals surface area contributed by atoms with Gasteiger partial charge >= 0.3 is 21.3 Å². The molecule has 0 aliphatic carbocycles. The van der Waals surface area contributed by atoms with Gasteiger partial charge in [-0.15, -0.1) is 0 Å². The molecule has 194 valence electrons. The Kier molecular flexibility index (Phi) is 8.28. The summed E-state index contributed by atoms with van der Waals surface area (Å²) in [6.07, 6.45) is -13.0. The van der Waals surface area contributed by atoms with E-state index in [1.54, 1.807) is 0 Å². The lowest BCUT2D eigenvalue weighted by atomic mass is 10.1. The Hall–Kier alpha value is -1.34. The minimum absolute atomic E-state index is 0.602. The molecular formula is C14H22N2O16P2. The maximum absolute atomic E-state index is 12.1. The molecule has 2 fully saturated rings. The maximum Gasteiger partial charge on any atom is 0.483 e. The minimum atomic E-state index is -5.47. The van der Waals surface area contributed by atoms with Crippen LogP contribution in [-0.4, -0.2) is 101 Å². The fourth-order valence-corrected chi connectivity index (χ4v) is 5.24. The van der Waals surface area contributed by atoms with Crippen molar-refractivity contribution in [3.8, 4) is 0 Å². The van der Waals surface area contributed by atoms with E-state index in [9.17, 15) is 54.0 Å². The number of hydrogen-bond acceptors (Lipinski definition) is 14. The molecule has 0 radical (unpaired) electrons. The lowest BCUT2D eigenvalue weighted by molar-refractivity contribution is -0.245. The van der Waals surface area contributed by atoms with Crippen LogP contribution in [0.3, 0.4) is 0 Å². The summed E-state index contributed by atoms with van der Waals surface area (Å²) >= 11 is 0. The van der Waals surface area contributed by atoms with Gasteiger partial charge in [-0.05, 0) is 0 Å². The maximum atomic E-state index is 12.1. The number of nitrogens with one attached hydrogen (secondary N) is 1. The van der Waals surface area contributed by atoms with Gasteiger partial charge in [-0.3, -0.25) is 23.4 Å². The first-order valence-corrected chi connectivity index (χ1v) is 12.4. The van der Waals surface area contributed by atoms with E-state index in [0.29, 0.717) is 0 Å². The quantitative estimate of drug-likeness (QED) is 0.146. The number of aliphatic hydroxyl groups is 5. The molecule has 0 bridgehead atoms. The average Bonchev–Trinajstić information content (AvgIpc) is 3.00. The van der Waals surface area contributed by atoms with E-state index < -0.39 is 89.2 Å². The first-order chi connectivity index (χ1) is 15.7. The largest absolute Gasteiger partial charge is 0.483 e. The van der Waals surface area contributed by atoms with Crippen LogP contribution in [0.4, 0.5) is 0 Å². The predicted molar refractivity (Wildman–Crippen MR) is 103 cm³/mol. The smallest absolute Gasteiger partial charge is 0.388 e. The van der Waals surface area contributed by atoms with E-state index in [0.717, 1.165) is 16.8 Å². The van der Waals surface area contributed by atoms with Crippen LogP contribution in [-0.2, 0) is 32.0 Å². The molecule has 2 aliphatic heterocycles. The van der Waals surface area contributed by atoms with E-state index in [-0.39, 0.29) is 0 Å². The van der Waals surface area contributed by atoms with Gasteiger partial charge in [-0.25, -0.2) is 13.9 Å². The summed E-state index contributed by atoms with van der Waals surface area (Å²) < 4.78 is 47.7. The van der Waals surface area contributed by atoms with Crippen molar-refractivity contribution in [1.29, 1.82) is 0 Å². The van der Waals surface area contributed by atoms with Crippen LogP contribution in [0.25, 0.3) is 0 Å². The number of phosphoric acid groups is 2. The van der Waals surface area contributed by atoms with E-state index in [4.69, 9.17) is 9.47 Å². The van der Waals surface area contributed by atoms with Crippen molar-refractivity contribution in [2.75, 3.05) is 13.2 Å². The molecule has 0 aromatic carbocycles. The Morgan fingerprint density at radius 3 is 2.35 bits per heavy atom. The Balaban J connectivity index is 1.59. The molecule has 0 saturated carbocycles. The zero-order valence-corrected chi connectivity index (χ0v) is 18.6. The molecule has 0 amide bonds. The first-order valence-electron chi connectivity index (χ1n) is 9.39. The van der Waals surface area contributed by atoms with Gasteiger partial charge in [0.25, 0.3) is 5.56 Å². The molecule has 1 aromatic heterocycles. The topological polar surface area (TPSA) is 277 Å². The number of aromatic nitrogens is 2. The number of phosphoric ester groups is 2. The van der Waals surface area contributed by atoms with Gasteiger partial charge in [0.1, 0.15) is 36.6 Å². The summed E-state index contributed by atoms with van der Waals surface area (Å²) in [6.45, 7) is -1.59. The molecule has 3 heterocycles. The third kappa shape index (κ3) is 6.26. The van der Waals surface area contributed by atoms with Crippen molar-refractivity contribution in [2.24, 2.45) is 0 Å². The molecule has 8 N–H and O–H groups in total. The molecule has 3 rings (SSSR count). The number of rotatable bonds is 8. The third-order valence-electron chi connectivity index (χ3n) is 4.76. The number of nitrogens with zero attached hydrogens (tertiary/aromatic N) is 1. The summed E-state index contributed by atoms with van der Waals surface area (Å²) in [5.41, 5.74) is -1.72. The zero-order valence-electron chi connectivity index (χ0n) is 16.8. The molecular weight excluding hydrogens is 514 g/mol. The van der Waals surface area contributed by atoms with Gasteiger partial charge in [-0.2, -0.15) is 4.31 Å². The van der Waals surface area contributed by atoms with Gasteiger partial charge in [0.15, 0.2) is 12.5 Å². The van der Waals surface area contributed by atoms with Gasteiger partial charge in [0.05, 0.1) is 13.2 Å². The minimum Gasteiger partial charge on any atom is -0.388 e. The SMILES string of the molecule is O=c1ccn([C@@H]2O[C@H](COP(=O)(O)OP(=O)(O)O[C@@H]3OC[C@@H](O)[C@H](O)[C@H]3O)[C@@H](O)[C@H]2O)c(=O)[nH]1. The molecule has 20 heteroatoms. The summed E-state index contributed by atoms with van der Waals surface area (Å²) in [7, 11) is -10.9. The van der Waals surface area contributed by atoms with Crippen LogP contribution in [0.15, 0.2) is 21.9 Å². The predicted octanol–water partition coefficient (Wildman–Crippen LogP) is -4.15. The standard InChI is InChI=1S/C14H22N2O16P2/c17-5-3-28-13(11(22)8(5)19)31-34(26,27)32-33(24,25)29-4-6-9(20)10(21)12(30-6)16-2-1-7(18)15-14(16)23/h1-2,5-6,8-13,17,19-22H,3-4H2,(H,24,25)(H,26,27)(H,15,18,23)/t5-,6-,8+,9-,10-,11-,12-,13+/m1/s1. The number of aliphatic hydroxyl groups excluding tert-OH is 5. The fourth-order valence-electron chi connectivity index (χ4n) is 3.07. The molecule has 1 aromatic rings. The van der Waals surface area contributed by atoms with Crippen molar-refractivity contribution in [1.82, 2.24) is 9.55 Å². The van der Waals surface area contributed by atoms with Crippen LogP contribution in [0.5, 0.6) is 0 Å². The van der Waals surface area contributed by atoms with E-state index in [2.05, 4.69) is 13.4 Å². The Bertz CT molecular complexity index is 1080. The van der Waals surface area contributed by atoms with Crippen LogP contribution < -0.4 is 11.2 Å². The zero-order chi connectivity index (χ0) is 25.4. The van der Waals surface area contributed by atoms with Crippen molar-refractivity contribution in [2.45, 2.75) is 49.1 Å². The second kappa shape index (κ2) is 10.3. The average molecular weight is 536 g/mol. The van der Waals surface area contributed by atoms with Crippen molar-refractivity contribution in [3.63, 3.8) is 0 Å². The molecule has 18 nitrogen and oxygen atoms in total. The van der Waals surface area contributed by atoms with Crippen LogP contribution in [0.1, 0.15) is 6.23 Å². The second-order valence-corrected chi connectivity index (χ2v) is 10.2. The number of hydrogen-bond donors (Lipinski definition) is 8. The molecule has 2 saturated heterocycles. The Morgan fingerprint density at radius 2 is 1.71 bits per heavy atom. The van der Waals surface area contributed by atoms with Crippen LogP contribution in [0, 0.1) is 0 Å². The normalized spacial score (nSPS) is 37.7. The van der Waals surface area contributed by atoms with Gasteiger partial charge in [-0.1, -0.05) is 0 Å². The number of ether oxygens (including phenoxy) is 2. The number of aromatic amines is 1. The van der Waals surface area contributed by atoms with E-state index in [1.807, 2.05) is 4.98 Å². The third-order valence-corrected chi connectivity index (χ3v) is 7.36. The van der Waals surface area contributed by atoms with Crippen LogP contribution >= 0.6 is 15.6 Å². The van der Waals surface area contributed by atoms with Crippen molar-refractivity contribution in [3.05, 3.63) is 33.1 Å². The molecule has 0 spiro atoms. The molecule has 2 aliphatic rings. The highest BCUT2D eigenvalue weighted by Crippen LogP contribution is 2.61. The molecule has 34 heavy (non-hydrogen) atoms. The molecule has 10 atom stereocenters. The lowest BCUT2D eigenvalue weighted by Gasteiger charge is -2.35. The second-order valence-electron chi connectivity index (χ2n) is 7.23. The Morgan fingerprint density at radius 1 is 1.03 bits per heavy atom. The van der Waals surface area contributed by atoms with Gasteiger partial charge in [0.2, 0.25) is 0 Å². The van der Waals surface area contributed by atoms with Crippen molar-refractivity contribution >= 4 is 15.6 Å². The summed E-state index contributed by atoms with van der Waals surface area (Å²) in [5.74, 6) is 0. The highest BCUT2D eigenvalue weighted by Gasteiger charge is 2.47. The van der Waals surface area contributed by atoms with Crippen LogP contribution in [0.2, 0.25) is 0 Å².